The third kappa shape index (κ3) is 3.72. The molecule has 0 bridgehead atoms. The van der Waals surface area contributed by atoms with Gasteiger partial charge in [0.2, 0.25) is 0 Å². The van der Waals surface area contributed by atoms with Crippen molar-refractivity contribution in [2.45, 2.75) is 6.42 Å². The van der Waals surface area contributed by atoms with Gasteiger partial charge in [-0.1, -0.05) is 24.8 Å². The van der Waals surface area contributed by atoms with Gasteiger partial charge in [0.1, 0.15) is 5.75 Å². The van der Waals surface area contributed by atoms with Crippen molar-refractivity contribution in [2.75, 3.05) is 0 Å². The van der Waals surface area contributed by atoms with Gasteiger partial charge in [-0.15, -0.1) is 0 Å². The van der Waals surface area contributed by atoms with E-state index in [1.807, 2.05) is 0 Å². The number of carbonyl (C=O) groups excluding carboxylic acids is 2. The molecule has 0 amide bonds. The Hall–Kier alpha value is -1.97. The average molecular weight is 208 g/mol. The highest BCUT2D eigenvalue weighted by Gasteiger charge is 2.13. The summed E-state index contributed by atoms with van der Waals surface area (Å²) < 4.78 is 16.8. The molecule has 4 heteroatoms. The minimum atomic E-state index is -1.61. The SMILES string of the molecule is C=C(CC(=O)F)C(=O)Oc1ccccc1. The highest BCUT2D eigenvalue weighted by Crippen LogP contribution is 2.11. The van der Waals surface area contributed by atoms with Crippen molar-refractivity contribution in [3.63, 3.8) is 0 Å². The molecule has 0 N–H and O–H groups in total. The van der Waals surface area contributed by atoms with E-state index in [0.29, 0.717) is 5.75 Å². The summed E-state index contributed by atoms with van der Waals surface area (Å²) in [6, 6.07) is 6.67. The maximum atomic E-state index is 11.9. The molecule has 0 saturated carbocycles. The Morgan fingerprint density at radius 1 is 1.27 bits per heavy atom. The van der Waals surface area contributed by atoms with E-state index in [0.717, 1.165) is 0 Å². The van der Waals surface area contributed by atoms with Crippen LogP contribution in [0, 0.1) is 0 Å². The van der Waals surface area contributed by atoms with E-state index in [2.05, 4.69) is 6.58 Å². The van der Waals surface area contributed by atoms with Crippen LogP contribution in [0.15, 0.2) is 42.5 Å². The van der Waals surface area contributed by atoms with E-state index >= 15 is 0 Å². The zero-order valence-corrected chi connectivity index (χ0v) is 7.90. The number of rotatable bonds is 4. The Kier molecular flexibility index (Phi) is 3.74. The van der Waals surface area contributed by atoms with Crippen molar-refractivity contribution in [1.82, 2.24) is 0 Å². The molecule has 3 nitrogen and oxygen atoms in total. The van der Waals surface area contributed by atoms with Crippen molar-refractivity contribution in [2.24, 2.45) is 0 Å². The van der Waals surface area contributed by atoms with E-state index in [-0.39, 0.29) is 5.57 Å². The van der Waals surface area contributed by atoms with Gasteiger partial charge in [-0.3, -0.25) is 4.79 Å². The highest BCUT2D eigenvalue weighted by molar-refractivity contribution is 5.94. The molecule has 1 aromatic carbocycles. The smallest absolute Gasteiger partial charge is 0.339 e. The molecule has 0 heterocycles. The van der Waals surface area contributed by atoms with Crippen LogP contribution >= 0.6 is 0 Å². The van der Waals surface area contributed by atoms with Crippen molar-refractivity contribution in [3.05, 3.63) is 42.5 Å². The highest BCUT2D eigenvalue weighted by atomic mass is 19.1. The summed E-state index contributed by atoms with van der Waals surface area (Å²) in [6.45, 7) is 3.26. The molecule has 0 saturated heterocycles. The Bertz CT molecular complexity index is 384. The molecule has 0 aliphatic carbocycles. The van der Waals surface area contributed by atoms with Gasteiger partial charge in [-0.2, -0.15) is 4.39 Å². The lowest BCUT2D eigenvalue weighted by Crippen LogP contribution is -2.12. The molecule has 0 spiro atoms. The number of carbonyl (C=O) groups is 2. The van der Waals surface area contributed by atoms with Gasteiger partial charge in [0.25, 0.3) is 0 Å². The van der Waals surface area contributed by atoms with Crippen LogP contribution in [0.25, 0.3) is 0 Å². The lowest BCUT2D eigenvalue weighted by molar-refractivity contribution is -0.134. The Labute approximate surface area is 86.2 Å². The number of hydrogen-bond donors (Lipinski definition) is 0. The first-order chi connectivity index (χ1) is 7.09. The fourth-order valence-electron chi connectivity index (χ4n) is 0.908. The van der Waals surface area contributed by atoms with Crippen molar-refractivity contribution < 1.29 is 18.7 Å². The third-order valence-electron chi connectivity index (χ3n) is 1.59. The number of esters is 1. The quantitative estimate of drug-likeness (QED) is 0.329. The molecular formula is C11H9FO3. The van der Waals surface area contributed by atoms with Gasteiger partial charge >= 0.3 is 12.0 Å². The largest absolute Gasteiger partial charge is 0.423 e. The van der Waals surface area contributed by atoms with E-state index in [1.54, 1.807) is 30.3 Å². The molecule has 0 atom stereocenters. The monoisotopic (exact) mass is 208 g/mol. The summed E-state index contributed by atoms with van der Waals surface area (Å²) in [7, 11) is 0. The van der Waals surface area contributed by atoms with Crippen LogP contribution in [0.5, 0.6) is 5.75 Å². The van der Waals surface area contributed by atoms with E-state index in [1.165, 1.54) is 0 Å². The first-order valence-electron chi connectivity index (χ1n) is 4.23. The summed E-state index contributed by atoms with van der Waals surface area (Å²) >= 11 is 0. The van der Waals surface area contributed by atoms with Gasteiger partial charge < -0.3 is 4.74 Å². The summed E-state index contributed by atoms with van der Waals surface area (Å²) in [6.07, 6.45) is -0.633. The van der Waals surface area contributed by atoms with Crippen LogP contribution in [0.2, 0.25) is 0 Å². The molecule has 0 aliphatic heterocycles. The standard InChI is InChI=1S/C11H9FO3/c1-8(7-10(12)13)11(14)15-9-5-3-2-4-6-9/h2-6H,1,7H2. The van der Waals surface area contributed by atoms with Gasteiger partial charge in [0, 0.05) is 5.57 Å². The number of para-hydroxylation sites is 1. The maximum absolute atomic E-state index is 11.9. The summed E-state index contributed by atoms with van der Waals surface area (Å²) in [4.78, 5) is 21.3. The van der Waals surface area contributed by atoms with Crippen LogP contribution in [0.3, 0.4) is 0 Å². The first kappa shape index (κ1) is 11.1. The molecule has 15 heavy (non-hydrogen) atoms. The number of hydrogen-bond acceptors (Lipinski definition) is 3. The van der Waals surface area contributed by atoms with Crippen molar-refractivity contribution >= 4 is 12.0 Å². The number of halogens is 1. The molecule has 1 rings (SSSR count). The zero-order valence-electron chi connectivity index (χ0n) is 7.90. The number of ether oxygens (including phenoxy) is 1. The molecule has 0 unspecified atom stereocenters. The Morgan fingerprint density at radius 3 is 2.40 bits per heavy atom. The molecular weight excluding hydrogens is 199 g/mol. The Morgan fingerprint density at radius 2 is 1.87 bits per heavy atom. The second-order valence-electron chi connectivity index (χ2n) is 2.84. The molecule has 0 aliphatic rings. The van der Waals surface area contributed by atoms with E-state index in [9.17, 15) is 14.0 Å². The average Bonchev–Trinajstić information content (AvgIpc) is 2.18. The first-order valence-corrected chi connectivity index (χ1v) is 4.23. The van der Waals surface area contributed by atoms with Crippen LogP contribution in [0.1, 0.15) is 6.42 Å². The molecule has 0 fully saturated rings. The normalized spacial score (nSPS) is 9.40. The van der Waals surface area contributed by atoms with Gasteiger partial charge in [0.15, 0.2) is 0 Å². The summed E-state index contributed by atoms with van der Waals surface area (Å²) in [5.74, 6) is -0.470. The van der Waals surface area contributed by atoms with E-state index < -0.39 is 18.4 Å². The summed E-state index contributed by atoms with van der Waals surface area (Å²) in [5, 5.41) is 0. The Balaban J connectivity index is 2.56. The van der Waals surface area contributed by atoms with Gasteiger partial charge in [0.05, 0.1) is 6.42 Å². The lowest BCUT2D eigenvalue weighted by Gasteiger charge is -2.03. The maximum Gasteiger partial charge on any atom is 0.339 e. The fourth-order valence-corrected chi connectivity index (χ4v) is 0.908. The second-order valence-corrected chi connectivity index (χ2v) is 2.84. The minimum Gasteiger partial charge on any atom is -0.423 e. The second kappa shape index (κ2) is 5.05. The van der Waals surface area contributed by atoms with Crippen molar-refractivity contribution in [3.8, 4) is 5.75 Å². The lowest BCUT2D eigenvalue weighted by atomic mass is 10.2. The predicted molar refractivity (Wildman–Crippen MR) is 51.9 cm³/mol. The third-order valence-corrected chi connectivity index (χ3v) is 1.59. The summed E-state index contributed by atoms with van der Waals surface area (Å²) in [5.41, 5.74) is -0.202. The predicted octanol–water partition coefficient (Wildman–Crippen LogP) is 2.03. The topological polar surface area (TPSA) is 43.4 Å². The van der Waals surface area contributed by atoms with Crippen LogP contribution in [0.4, 0.5) is 4.39 Å². The molecule has 0 radical (unpaired) electrons. The molecule has 78 valence electrons. The fraction of sp³-hybridized carbons (Fsp3) is 0.0909. The van der Waals surface area contributed by atoms with Crippen LogP contribution in [-0.4, -0.2) is 12.0 Å². The number of benzene rings is 1. The van der Waals surface area contributed by atoms with Gasteiger partial charge in [-0.05, 0) is 12.1 Å². The van der Waals surface area contributed by atoms with Crippen LogP contribution < -0.4 is 4.74 Å². The van der Waals surface area contributed by atoms with Crippen molar-refractivity contribution in [1.29, 1.82) is 0 Å². The molecule has 0 aromatic heterocycles. The molecule has 1 aromatic rings. The minimum absolute atomic E-state index is 0.202. The zero-order chi connectivity index (χ0) is 11.3. The van der Waals surface area contributed by atoms with Gasteiger partial charge in [-0.25, -0.2) is 4.79 Å². The van der Waals surface area contributed by atoms with E-state index in [4.69, 9.17) is 4.74 Å². The van der Waals surface area contributed by atoms with Crippen LogP contribution in [-0.2, 0) is 9.59 Å².